The van der Waals surface area contributed by atoms with Gasteiger partial charge in [-0.3, -0.25) is 4.79 Å². The summed E-state index contributed by atoms with van der Waals surface area (Å²) in [7, 11) is 0. The highest BCUT2D eigenvalue weighted by molar-refractivity contribution is 5.91. The Morgan fingerprint density at radius 2 is 1.82 bits per heavy atom. The number of halogens is 1. The van der Waals surface area contributed by atoms with Gasteiger partial charge in [-0.2, -0.15) is 0 Å². The molecule has 0 radical (unpaired) electrons. The van der Waals surface area contributed by atoms with Crippen molar-refractivity contribution in [3.05, 3.63) is 42.2 Å². The highest BCUT2D eigenvalue weighted by atomic mass is 19.1. The van der Waals surface area contributed by atoms with Crippen LogP contribution < -0.4 is 10.6 Å². The van der Waals surface area contributed by atoms with Crippen molar-refractivity contribution in [2.24, 2.45) is 5.92 Å². The van der Waals surface area contributed by atoms with E-state index in [0.29, 0.717) is 17.3 Å². The van der Waals surface area contributed by atoms with E-state index in [-0.39, 0.29) is 17.6 Å². The van der Waals surface area contributed by atoms with Crippen LogP contribution in [0.4, 0.5) is 21.7 Å². The summed E-state index contributed by atoms with van der Waals surface area (Å²) < 4.78 is 13.1. The van der Waals surface area contributed by atoms with Gasteiger partial charge in [-0.1, -0.05) is 19.9 Å². The van der Waals surface area contributed by atoms with Crippen LogP contribution in [0.1, 0.15) is 26.7 Å². The zero-order valence-electron chi connectivity index (χ0n) is 12.6. The first-order valence-corrected chi connectivity index (χ1v) is 7.29. The standard InChI is InChI=1S/C16H19FN4O/c1-3-11(4-2)16(22)19-15-9-8-14(20-21-15)18-13-7-5-6-12(17)10-13/h5-11H,3-4H2,1-2H3,(H,18,20)(H,19,21,22). The van der Waals surface area contributed by atoms with E-state index < -0.39 is 0 Å². The lowest BCUT2D eigenvalue weighted by Gasteiger charge is -2.12. The van der Waals surface area contributed by atoms with Crippen LogP contribution in [0.25, 0.3) is 0 Å². The highest BCUT2D eigenvalue weighted by Gasteiger charge is 2.14. The zero-order valence-corrected chi connectivity index (χ0v) is 12.6. The van der Waals surface area contributed by atoms with Crippen LogP contribution in [0, 0.1) is 11.7 Å². The van der Waals surface area contributed by atoms with Crippen LogP contribution in [0.15, 0.2) is 36.4 Å². The van der Waals surface area contributed by atoms with Gasteiger partial charge in [-0.15, -0.1) is 10.2 Å². The van der Waals surface area contributed by atoms with Crippen molar-refractivity contribution in [1.29, 1.82) is 0 Å². The molecular formula is C16H19FN4O. The number of benzene rings is 1. The number of nitrogens with zero attached hydrogens (tertiary/aromatic N) is 2. The number of amides is 1. The number of aromatic nitrogens is 2. The average molecular weight is 302 g/mol. The predicted molar refractivity (Wildman–Crippen MR) is 84.4 cm³/mol. The fraction of sp³-hybridized carbons (Fsp3) is 0.312. The first-order chi connectivity index (χ1) is 10.6. The van der Waals surface area contributed by atoms with Crippen molar-refractivity contribution in [3.63, 3.8) is 0 Å². The van der Waals surface area contributed by atoms with Gasteiger partial charge in [0.15, 0.2) is 11.6 Å². The molecule has 22 heavy (non-hydrogen) atoms. The quantitative estimate of drug-likeness (QED) is 0.853. The Morgan fingerprint density at radius 3 is 2.41 bits per heavy atom. The second-order valence-corrected chi connectivity index (χ2v) is 4.94. The third-order valence-electron chi connectivity index (χ3n) is 3.37. The Morgan fingerprint density at radius 1 is 1.14 bits per heavy atom. The highest BCUT2D eigenvalue weighted by Crippen LogP contribution is 2.16. The lowest BCUT2D eigenvalue weighted by Crippen LogP contribution is -2.22. The normalized spacial score (nSPS) is 10.5. The van der Waals surface area contributed by atoms with E-state index in [4.69, 9.17) is 0 Å². The van der Waals surface area contributed by atoms with Crippen LogP contribution in [0.5, 0.6) is 0 Å². The van der Waals surface area contributed by atoms with E-state index >= 15 is 0 Å². The number of nitrogens with one attached hydrogen (secondary N) is 2. The maximum atomic E-state index is 13.1. The number of hydrogen-bond donors (Lipinski definition) is 2. The Labute approximate surface area is 129 Å². The summed E-state index contributed by atoms with van der Waals surface area (Å²) in [5, 5.41) is 13.6. The molecule has 0 saturated carbocycles. The van der Waals surface area contributed by atoms with Crippen LogP contribution in [0.2, 0.25) is 0 Å². The maximum absolute atomic E-state index is 13.1. The van der Waals surface area contributed by atoms with Gasteiger partial charge in [0.25, 0.3) is 0 Å². The minimum Gasteiger partial charge on any atom is -0.339 e. The van der Waals surface area contributed by atoms with E-state index in [1.807, 2.05) is 13.8 Å². The van der Waals surface area contributed by atoms with Gasteiger partial charge < -0.3 is 10.6 Å². The molecule has 1 amide bonds. The van der Waals surface area contributed by atoms with Crippen molar-refractivity contribution in [2.75, 3.05) is 10.6 Å². The molecule has 0 spiro atoms. The topological polar surface area (TPSA) is 66.9 Å². The van der Waals surface area contributed by atoms with E-state index in [1.54, 1.807) is 24.3 Å². The largest absolute Gasteiger partial charge is 0.339 e. The summed E-state index contributed by atoms with van der Waals surface area (Å²) in [4.78, 5) is 12.0. The second kappa shape index (κ2) is 7.49. The van der Waals surface area contributed by atoms with Gasteiger partial charge in [-0.25, -0.2) is 4.39 Å². The minimum atomic E-state index is -0.327. The van der Waals surface area contributed by atoms with E-state index in [1.165, 1.54) is 12.1 Å². The van der Waals surface area contributed by atoms with Crippen molar-refractivity contribution in [1.82, 2.24) is 10.2 Å². The fourth-order valence-corrected chi connectivity index (χ4v) is 2.07. The summed E-state index contributed by atoms with van der Waals surface area (Å²) in [6.45, 7) is 3.96. The van der Waals surface area contributed by atoms with Gasteiger partial charge in [0.1, 0.15) is 5.82 Å². The zero-order chi connectivity index (χ0) is 15.9. The van der Waals surface area contributed by atoms with Crippen molar-refractivity contribution < 1.29 is 9.18 Å². The van der Waals surface area contributed by atoms with Gasteiger partial charge in [-0.05, 0) is 43.2 Å². The maximum Gasteiger partial charge on any atom is 0.228 e. The van der Waals surface area contributed by atoms with Gasteiger partial charge >= 0.3 is 0 Å². The molecular weight excluding hydrogens is 283 g/mol. The van der Waals surface area contributed by atoms with Gasteiger partial charge in [0.2, 0.25) is 5.91 Å². The van der Waals surface area contributed by atoms with Crippen LogP contribution in [0.3, 0.4) is 0 Å². The molecule has 2 rings (SSSR count). The molecule has 0 unspecified atom stereocenters. The first-order valence-electron chi connectivity index (χ1n) is 7.29. The van der Waals surface area contributed by atoms with E-state index in [9.17, 15) is 9.18 Å². The lowest BCUT2D eigenvalue weighted by molar-refractivity contribution is -0.120. The van der Waals surface area contributed by atoms with Crippen LogP contribution in [-0.4, -0.2) is 16.1 Å². The van der Waals surface area contributed by atoms with E-state index in [0.717, 1.165) is 12.8 Å². The summed E-state index contributed by atoms with van der Waals surface area (Å²) in [6.07, 6.45) is 1.57. The predicted octanol–water partition coefficient (Wildman–Crippen LogP) is 3.73. The Kier molecular flexibility index (Phi) is 5.41. The third kappa shape index (κ3) is 4.25. The van der Waals surface area contributed by atoms with E-state index in [2.05, 4.69) is 20.8 Å². The van der Waals surface area contributed by atoms with Gasteiger partial charge in [0.05, 0.1) is 0 Å². The molecule has 0 atom stereocenters. The number of rotatable bonds is 6. The van der Waals surface area contributed by atoms with Crippen LogP contribution in [-0.2, 0) is 4.79 Å². The third-order valence-corrected chi connectivity index (χ3v) is 3.37. The molecule has 1 aromatic carbocycles. The molecule has 0 aliphatic heterocycles. The lowest BCUT2D eigenvalue weighted by atomic mass is 10.0. The molecule has 1 heterocycles. The molecule has 2 aromatic rings. The monoisotopic (exact) mass is 302 g/mol. The van der Waals surface area contributed by atoms with Crippen molar-refractivity contribution in [2.45, 2.75) is 26.7 Å². The summed E-state index contributed by atoms with van der Waals surface area (Å²) in [5.41, 5.74) is 0.586. The average Bonchev–Trinajstić information content (AvgIpc) is 2.50. The van der Waals surface area contributed by atoms with Crippen molar-refractivity contribution in [3.8, 4) is 0 Å². The molecule has 2 N–H and O–H groups in total. The smallest absolute Gasteiger partial charge is 0.228 e. The molecule has 116 valence electrons. The number of carbonyl (C=O) groups is 1. The summed E-state index contributed by atoms with van der Waals surface area (Å²) in [6, 6.07) is 9.41. The SMILES string of the molecule is CCC(CC)C(=O)Nc1ccc(Nc2cccc(F)c2)nn1. The minimum absolute atomic E-state index is 0.0214. The molecule has 0 saturated heterocycles. The Hall–Kier alpha value is -2.50. The summed E-state index contributed by atoms with van der Waals surface area (Å²) in [5.74, 6) is 0.483. The Balaban J connectivity index is 2.00. The molecule has 5 nitrogen and oxygen atoms in total. The van der Waals surface area contributed by atoms with Gasteiger partial charge in [0, 0.05) is 11.6 Å². The number of anilines is 3. The Bertz CT molecular complexity index is 626. The molecule has 6 heteroatoms. The first kappa shape index (κ1) is 15.9. The molecule has 0 aliphatic carbocycles. The molecule has 0 aliphatic rings. The van der Waals surface area contributed by atoms with Crippen molar-refractivity contribution >= 4 is 23.2 Å². The van der Waals surface area contributed by atoms with Crippen LogP contribution >= 0.6 is 0 Å². The molecule has 1 aromatic heterocycles. The molecule has 0 bridgehead atoms. The summed E-state index contributed by atoms with van der Waals surface area (Å²) >= 11 is 0. The fourth-order valence-electron chi connectivity index (χ4n) is 2.07. The molecule has 0 fully saturated rings. The number of hydrogen-bond acceptors (Lipinski definition) is 4. The second-order valence-electron chi connectivity index (χ2n) is 4.94. The number of carbonyl (C=O) groups excluding carboxylic acids is 1.